The third kappa shape index (κ3) is 4.06. The van der Waals surface area contributed by atoms with Crippen molar-refractivity contribution in [2.75, 3.05) is 26.9 Å². The molecule has 2 unspecified atom stereocenters. The molecule has 122 valence electrons. The molecular weight excluding hydrogens is 282 g/mol. The van der Waals surface area contributed by atoms with Crippen LogP contribution in [0.5, 0.6) is 0 Å². The van der Waals surface area contributed by atoms with E-state index in [9.17, 15) is 9.90 Å². The predicted molar refractivity (Wildman–Crippen MR) is 82.8 cm³/mol. The van der Waals surface area contributed by atoms with Gasteiger partial charge in [-0.1, -0.05) is 44.2 Å². The highest BCUT2D eigenvalue weighted by atomic mass is 16.7. The average Bonchev–Trinajstić information content (AvgIpc) is 2.98. The molecular formula is C17H25NO4. The zero-order chi connectivity index (χ0) is 16.2. The number of esters is 1. The van der Waals surface area contributed by atoms with Crippen molar-refractivity contribution in [1.29, 1.82) is 0 Å². The van der Waals surface area contributed by atoms with E-state index in [0.29, 0.717) is 13.0 Å². The summed E-state index contributed by atoms with van der Waals surface area (Å²) in [7, 11) is 1.62. The second-order valence-corrected chi connectivity index (χ2v) is 6.57. The zero-order valence-electron chi connectivity index (χ0n) is 13.5. The molecule has 1 heterocycles. The van der Waals surface area contributed by atoms with Gasteiger partial charge in [0.05, 0.1) is 32.3 Å². The molecule has 2 atom stereocenters. The molecule has 1 saturated heterocycles. The summed E-state index contributed by atoms with van der Waals surface area (Å²) in [4.78, 5) is 17.7. The SMILES string of the molecule is CON1CC(C(=O)OCC(C)(C)CO)CC1c1ccccc1. The Morgan fingerprint density at radius 3 is 2.64 bits per heavy atom. The predicted octanol–water partition coefficient (Wildman–Crippen LogP) is 2.17. The zero-order valence-corrected chi connectivity index (χ0v) is 13.5. The van der Waals surface area contributed by atoms with Gasteiger partial charge in [0.2, 0.25) is 0 Å². The minimum Gasteiger partial charge on any atom is -0.465 e. The minimum atomic E-state index is -0.409. The fourth-order valence-electron chi connectivity index (χ4n) is 2.59. The van der Waals surface area contributed by atoms with E-state index in [4.69, 9.17) is 9.57 Å². The van der Waals surface area contributed by atoms with Crippen molar-refractivity contribution >= 4 is 5.97 Å². The lowest BCUT2D eigenvalue weighted by atomic mass is 9.96. The molecule has 0 aromatic heterocycles. The average molecular weight is 307 g/mol. The highest BCUT2D eigenvalue weighted by Crippen LogP contribution is 2.36. The summed E-state index contributed by atoms with van der Waals surface area (Å²) >= 11 is 0. The van der Waals surface area contributed by atoms with Crippen LogP contribution in [0.25, 0.3) is 0 Å². The fraction of sp³-hybridized carbons (Fsp3) is 0.588. The van der Waals surface area contributed by atoms with E-state index in [-0.39, 0.29) is 31.1 Å². The first-order chi connectivity index (χ1) is 10.5. The standard InChI is InChI=1S/C17H25NO4/c1-17(2,11-19)12-22-16(20)14-9-15(18(10-14)21-3)13-7-5-4-6-8-13/h4-8,14-15,19H,9-12H2,1-3H3. The molecule has 0 radical (unpaired) electrons. The van der Waals surface area contributed by atoms with Crippen LogP contribution in [0, 0.1) is 11.3 Å². The lowest BCUT2D eigenvalue weighted by Crippen LogP contribution is -2.29. The number of benzene rings is 1. The summed E-state index contributed by atoms with van der Waals surface area (Å²) in [6.45, 7) is 4.46. The molecule has 5 nitrogen and oxygen atoms in total. The molecule has 0 bridgehead atoms. The van der Waals surface area contributed by atoms with Gasteiger partial charge in [0.15, 0.2) is 0 Å². The summed E-state index contributed by atoms with van der Waals surface area (Å²) in [6, 6.07) is 10.1. The first kappa shape index (κ1) is 16.9. The van der Waals surface area contributed by atoms with Gasteiger partial charge in [-0.15, -0.1) is 0 Å². The van der Waals surface area contributed by atoms with Crippen molar-refractivity contribution in [2.24, 2.45) is 11.3 Å². The van der Waals surface area contributed by atoms with Gasteiger partial charge in [0, 0.05) is 12.0 Å². The van der Waals surface area contributed by atoms with Crippen molar-refractivity contribution in [3.8, 4) is 0 Å². The Hall–Kier alpha value is -1.43. The maximum Gasteiger partial charge on any atom is 0.310 e. The Balaban J connectivity index is 1.98. The summed E-state index contributed by atoms with van der Waals surface area (Å²) < 4.78 is 5.38. The van der Waals surface area contributed by atoms with Gasteiger partial charge in [0.1, 0.15) is 0 Å². The number of hydrogen-bond donors (Lipinski definition) is 1. The third-order valence-corrected chi connectivity index (χ3v) is 4.04. The highest BCUT2D eigenvalue weighted by Gasteiger charge is 2.38. The van der Waals surface area contributed by atoms with E-state index < -0.39 is 5.41 Å². The van der Waals surface area contributed by atoms with E-state index >= 15 is 0 Å². The molecule has 0 saturated carbocycles. The molecule has 1 N–H and O–H groups in total. The number of carbonyl (C=O) groups excluding carboxylic acids is 1. The molecule has 22 heavy (non-hydrogen) atoms. The van der Waals surface area contributed by atoms with Crippen LogP contribution >= 0.6 is 0 Å². The van der Waals surface area contributed by atoms with E-state index in [2.05, 4.69) is 0 Å². The first-order valence-corrected chi connectivity index (χ1v) is 7.60. The molecule has 0 spiro atoms. The first-order valence-electron chi connectivity index (χ1n) is 7.60. The maximum absolute atomic E-state index is 12.3. The fourth-order valence-corrected chi connectivity index (χ4v) is 2.59. The normalized spacial score (nSPS) is 22.7. The Labute approximate surface area is 131 Å². The Bertz CT molecular complexity index is 489. The van der Waals surface area contributed by atoms with Gasteiger partial charge in [-0.2, -0.15) is 5.06 Å². The summed E-state index contributed by atoms with van der Waals surface area (Å²) in [6.07, 6.45) is 0.677. The van der Waals surface area contributed by atoms with Crippen molar-refractivity contribution in [1.82, 2.24) is 5.06 Å². The Kier molecular flexibility index (Phi) is 5.56. The number of rotatable bonds is 6. The van der Waals surface area contributed by atoms with Crippen LogP contribution in [-0.4, -0.2) is 43.0 Å². The largest absolute Gasteiger partial charge is 0.465 e. The molecule has 1 aromatic rings. The minimum absolute atomic E-state index is 0.0121. The van der Waals surface area contributed by atoms with Crippen molar-refractivity contribution < 1.29 is 19.5 Å². The maximum atomic E-state index is 12.3. The van der Waals surface area contributed by atoms with Crippen LogP contribution in [0.1, 0.15) is 31.9 Å². The lowest BCUT2D eigenvalue weighted by molar-refractivity contribution is -0.158. The third-order valence-electron chi connectivity index (χ3n) is 4.04. The van der Waals surface area contributed by atoms with Crippen molar-refractivity contribution in [3.05, 3.63) is 35.9 Å². The second-order valence-electron chi connectivity index (χ2n) is 6.57. The van der Waals surface area contributed by atoms with E-state index in [1.165, 1.54) is 0 Å². The Morgan fingerprint density at radius 2 is 2.05 bits per heavy atom. The molecule has 1 fully saturated rings. The van der Waals surface area contributed by atoms with E-state index in [1.807, 2.05) is 49.2 Å². The highest BCUT2D eigenvalue weighted by molar-refractivity contribution is 5.73. The monoisotopic (exact) mass is 307 g/mol. The topological polar surface area (TPSA) is 59.0 Å². The molecule has 0 aliphatic carbocycles. The van der Waals surface area contributed by atoms with Gasteiger partial charge < -0.3 is 14.7 Å². The van der Waals surface area contributed by atoms with Crippen molar-refractivity contribution in [2.45, 2.75) is 26.3 Å². The van der Waals surface area contributed by atoms with Crippen LogP contribution in [-0.2, 0) is 14.4 Å². The summed E-state index contributed by atoms with van der Waals surface area (Å²) in [5.41, 5.74) is 0.726. The van der Waals surface area contributed by atoms with Gasteiger partial charge >= 0.3 is 5.97 Å². The van der Waals surface area contributed by atoms with Crippen LogP contribution in [0.3, 0.4) is 0 Å². The lowest BCUT2D eigenvalue weighted by Gasteiger charge is -2.22. The van der Waals surface area contributed by atoms with Crippen LogP contribution in [0.15, 0.2) is 30.3 Å². The van der Waals surface area contributed by atoms with Crippen molar-refractivity contribution in [3.63, 3.8) is 0 Å². The van der Waals surface area contributed by atoms with Gasteiger partial charge in [-0.25, -0.2) is 0 Å². The van der Waals surface area contributed by atoms with Gasteiger partial charge in [-0.05, 0) is 12.0 Å². The molecule has 5 heteroatoms. The van der Waals surface area contributed by atoms with Crippen LogP contribution < -0.4 is 0 Å². The number of ether oxygens (including phenoxy) is 1. The van der Waals surface area contributed by atoms with E-state index in [0.717, 1.165) is 5.56 Å². The van der Waals surface area contributed by atoms with Crippen LogP contribution in [0.2, 0.25) is 0 Å². The quantitative estimate of drug-likeness (QED) is 0.816. The number of hydrogen-bond acceptors (Lipinski definition) is 5. The number of hydroxylamine groups is 2. The van der Waals surface area contributed by atoms with Gasteiger partial charge in [-0.3, -0.25) is 4.79 Å². The number of nitrogens with zero attached hydrogens (tertiary/aromatic N) is 1. The van der Waals surface area contributed by atoms with Crippen LogP contribution in [0.4, 0.5) is 0 Å². The molecule has 1 aromatic carbocycles. The Morgan fingerprint density at radius 1 is 1.36 bits per heavy atom. The molecule has 1 aliphatic rings. The number of aliphatic hydroxyl groups is 1. The molecule has 0 amide bonds. The number of aliphatic hydroxyl groups excluding tert-OH is 1. The second kappa shape index (κ2) is 7.22. The molecule has 2 rings (SSSR count). The molecule has 1 aliphatic heterocycles. The van der Waals surface area contributed by atoms with Gasteiger partial charge in [0.25, 0.3) is 0 Å². The number of carbonyl (C=O) groups is 1. The summed E-state index contributed by atoms with van der Waals surface area (Å²) in [5, 5.41) is 11.1. The summed E-state index contributed by atoms with van der Waals surface area (Å²) in [5.74, 6) is -0.429. The smallest absolute Gasteiger partial charge is 0.310 e. The van der Waals surface area contributed by atoms with E-state index in [1.54, 1.807) is 7.11 Å².